The summed E-state index contributed by atoms with van der Waals surface area (Å²) in [5.41, 5.74) is 8.96. The highest BCUT2D eigenvalue weighted by Crippen LogP contribution is 2.38. The van der Waals surface area contributed by atoms with Gasteiger partial charge in [0.1, 0.15) is 9.90 Å². The van der Waals surface area contributed by atoms with Gasteiger partial charge in [-0.05, 0) is 79.1 Å². The molecular formula is C23H23NO3S2. The van der Waals surface area contributed by atoms with Gasteiger partial charge in [0, 0.05) is 5.56 Å². The molecule has 0 amide bonds. The standard InChI is InChI=1S/C23H23NO3S2/c1-5-17(3)22(20-9-7-6-8-18(20)4)21-14-15-28-23(21)24-27-29(25,26)19-12-10-16(2)11-13-19/h6-10,12,14-15,24H,5H2,1-4H3. The number of allylic oxidation sites excluding steroid dienone is 1. The molecule has 3 aromatic rings. The van der Waals surface area contributed by atoms with Crippen LogP contribution >= 0.6 is 11.3 Å². The summed E-state index contributed by atoms with van der Waals surface area (Å²) >= 11 is 1.39. The van der Waals surface area contributed by atoms with Crippen LogP contribution in [0.3, 0.4) is 0 Å². The minimum absolute atomic E-state index is 0.0619. The summed E-state index contributed by atoms with van der Waals surface area (Å²) < 4.78 is 30.1. The molecular weight excluding hydrogens is 402 g/mol. The first-order valence-corrected chi connectivity index (χ1v) is 11.6. The number of benzene rings is 1. The Hall–Kier alpha value is -2.59. The molecule has 0 saturated heterocycles. The average molecular weight is 426 g/mol. The number of hydrogen-bond donors (Lipinski definition) is 1. The van der Waals surface area contributed by atoms with Gasteiger partial charge in [-0.2, -0.15) is 8.42 Å². The highest BCUT2D eigenvalue weighted by Gasteiger charge is 2.20. The molecule has 3 rings (SSSR count). The summed E-state index contributed by atoms with van der Waals surface area (Å²) in [4.78, 5) is -0.0619. The Labute approximate surface area is 177 Å². The lowest BCUT2D eigenvalue weighted by Crippen LogP contribution is -2.11. The van der Waals surface area contributed by atoms with Crippen LogP contribution in [0.15, 0.2) is 58.3 Å². The van der Waals surface area contributed by atoms with E-state index in [-0.39, 0.29) is 4.90 Å². The molecule has 0 saturated carbocycles. The molecule has 0 radical (unpaired) electrons. The third kappa shape index (κ3) is 4.70. The predicted molar refractivity (Wildman–Crippen MR) is 118 cm³/mol. The molecule has 0 aliphatic rings. The van der Waals surface area contributed by atoms with Gasteiger partial charge in [0.05, 0.1) is 0 Å². The SMILES string of the molecule is CCC(C)=C(c1ccccc1C)c1ccsc1NOS(=O)(=O)c1c#cc(C)cc1. The van der Waals surface area contributed by atoms with Crippen molar-refractivity contribution < 1.29 is 12.7 Å². The van der Waals surface area contributed by atoms with E-state index < -0.39 is 10.1 Å². The summed E-state index contributed by atoms with van der Waals surface area (Å²) in [6.45, 7) is 8.09. The largest absolute Gasteiger partial charge is 0.325 e. The highest BCUT2D eigenvalue weighted by molar-refractivity contribution is 7.86. The van der Waals surface area contributed by atoms with Crippen LogP contribution in [-0.4, -0.2) is 8.42 Å². The molecule has 2 aromatic carbocycles. The van der Waals surface area contributed by atoms with Gasteiger partial charge in [-0.15, -0.1) is 15.6 Å². The van der Waals surface area contributed by atoms with Crippen molar-refractivity contribution in [3.05, 3.63) is 87.8 Å². The van der Waals surface area contributed by atoms with Crippen LogP contribution in [-0.2, 0) is 14.4 Å². The average Bonchev–Trinajstić information content (AvgIpc) is 3.16. The van der Waals surface area contributed by atoms with E-state index in [0.717, 1.165) is 34.2 Å². The Balaban J connectivity index is 1.94. The lowest BCUT2D eigenvalue weighted by Gasteiger charge is -2.16. The van der Waals surface area contributed by atoms with E-state index in [1.165, 1.54) is 23.0 Å². The highest BCUT2D eigenvalue weighted by atomic mass is 32.2. The molecule has 0 aliphatic heterocycles. The van der Waals surface area contributed by atoms with Crippen molar-refractivity contribution in [2.45, 2.75) is 39.0 Å². The molecule has 0 atom stereocenters. The molecule has 29 heavy (non-hydrogen) atoms. The number of anilines is 1. The Kier molecular flexibility index (Phi) is 6.43. The van der Waals surface area contributed by atoms with Crippen LogP contribution in [0.1, 0.15) is 42.5 Å². The summed E-state index contributed by atoms with van der Waals surface area (Å²) in [6.07, 6.45) is 0.881. The molecule has 4 nitrogen and oxygen atoms in total. The molecule has 0 bridgehead atoms. The number of rotatable bonds is 7. The van der Waals surface area contributed by atoms with Crippen LogP contribution in [0.25, 0.3) is 5.57 Å². The fraction of sp³-hybridized carbons (Fsp3) is 0.217. The molecule has 150 valence electrons. The first-order chi connectivity index (χ1) is 13.8. The summed E-state index contributed by atoms with van der Waals surface area (Å²) in [5, 5.41) is 2.55. The lowest BCUT2D eigenvalue weighted by molar-refractivity contribution is 0.392. The Morgan fingerprint density at radius 2 is 1.83 bits per heavy atom. The monoisotopic (exact) mass is 425 g/mol. The molecule has 0 fully saturated rings. The second-order valence-electron chi connectivity index (χ2n) is 6.76. The van der Waals surface area contributed by atoms with Crippen molar-refractivity contribution in [2.24, 2.45) is 0 Å². The van der Waals surface area contributed by atoms with Crippen LogP contribution in [0.2, 0.25) is 0 Å². The predicted octanol–water partition coefficient (Wildman–Crippen LogP) is 5.93. The maximum atomic E-state index is 12.5. The van der Waals surface area contributed by atoms with E-state index >= 15 is 0 Å². The molecule has 6 heteroatoms. The van der Waals surface area contributed by atoms with Gasteiger partial charge in [0.25, 0.3) is 0 Å². The van der Waals surface area contributed by atoms with Gasteiger partial charge < -0.3 is 0 Å². The van der Waals surface area contributed by atoms with Crippen molar-refractivity contribution in [1.29, 1.82) is 0 Å². The van der Waals surface area contributed by atoms with Gasteiger partial charge >= 0.3 is 10.1 Å². The summed E-state index contributed by atoms with van der Waals surface area (Å²) in [6, 6.07) is 18.7. The second-order valence-corrected chi connectivity index (χ2v) is 9.19. The normalized spacial score (nSPS) is 12.3. The first-order valence-electron chi connectivity index (χ1n) is 9.27. The van der Waals surface area contributed by atoms with Crippen molar-refractivity contribution in [3.8, 4) is 0 Å². The van der Waals surface area contributed by atoms with Gasteiger partial charge in [-0.1, -0.05) is 42.8 Å². The zero-order valence-corrected chi connectivity index (χ0v) is 18.5. The second kappa shape index (κ2) is 8.83. The van der Waals surface area contributed by atoms with Gasteiger partial charge in [-0.25, -0.2) is 5.48 Å². The van der Waals surface area contributed by atoms with Crippen molar-refractivity contribution in [3.63, 3.8) is 0 Å². The van der Waals surface area contributed by atoms with Crippen LogP contribution in [0, 0.1) is 26.0 Å². The fourth-order valence-electron chi connectivity index (χ4n) is 2.95. The Morgan fingerprint density at radius 3 is 2.48 bits per heavy atom. The smallest absolute Gasteiger partial charge is 0.238 e. The number of aryl methyl sites for hydroxylation is 2. The first kappa shape index (κ1) is 21.1. The van der Waals surface area contributed by atoms with Crippen LogP contribution in [0.4, 0.5) is 5.00 Å². The molecule has 0 unspecified atom stereocenters. The van der Waals surface area contributed by atoms with Gasteiger partial charge in [-0.3, -0.25) is 0 Å². The van der Waals surface area contributed by atoms with E-state index in [0.29, 0.717) is 5.00 Å². The van der Waals surface area contributed by atoms with Crippen molar-refractivity contribution in [2.75, 3.05) is 5.48 Å². The molecule has 1 aromatic heterocycles. The molecule has 0 spiro atoms. The number of hydrogen-bond acceptors (Lipinski definition) is 5. The third-order valence-corrected chi connectivity index (χ3v) is 6.58. The van der Waals surface area contributed by atoms with E-state index in [2.05, 4.69) is 50.5 Å². The fourth-order valence-corrected chi connectivity index (χ4v) is 4.42. The van der Waals surface area contributed by atoms with E-state index in [9.17, 15) is 8.42 Å². The Morgan fingerprint density at radius 1 is 1.07 bits per heavy atom. The maximum absolute atomic E-state index is 12.5. The molecule has 1 N–H and O–H groups in total. The third-order valence-electron chi connectivity index (χ3n) is 4.69. The van der Waals surface area contributed by atoms with Crippen molar-refractivity contribution >= 4 is 32.0 Å². The van der Waals surface area contributed by atoms with E-state index in [1.807, 2.05) is 30.5 Å². The maximum Gasteiger partial charge on any atom is 0.325 e. The minimum atomic E-state index is -4.00. The van der Waals surface area contributed by atoms with E-state index in [4.69, 9.17) is 4.28 Å². The lowest BCUT2D eigenvalue weighted by atomic mass is 9.91. The molecule has 0 aliphatic carbocycles. The number of nitrogens with one attached hydrogen (secondary N) is 1. The van der Waals surface area contributed by atoms with Gasteiger partial charge in [0.15, 0.2) is 0 Å². The zero-order chi connectivity index (χ0) is 21.0. The van der Waals surface area contributed by atoms with E-state index in [1.54, 1.807) is 6.07 Å². The topological polar surface area (TPSA) is 55.4 Å². The number of thiophene rings is 1. The van der Waals surface area contributed by atoms with Crippen LogP contribution < -0.4 is 5.48 Å². The van der Waals surface area contributed by atoms with Crippen molar-refractivity contribution in [1.82, 2.24) is 0 Å². The Bertz CT molecular complexity index is 1130. The zero-order valence-electron chi connectivity index (χ0n) is 16.9. The quantitative estimate of drug-likeness (QED) is 0.477. The summed E-state index contributed by atoms with van der Waals surface area (Å²) in [5.74, 6) is 0. The molecule has 1 heterocycles. The van der Waals surface area contributed by atoms with Crippen LogP contribution in [0.5, 0.6) is 0 Å². The minimum Gasteiger partial charge on any atom is -0.238 e. The summed E-state index contributed by atoms with van der Waals surface area (Å²) in [7, 11) is -4.00. The van der Waals surface area contributed by atoms with Gasteiger partial charge in [0.2, 0.25) is 0 Å².